The van der Waals surface area contributed by atoms with E-state index < -0.39 is 5.60 Å². The minimum atomic E-state index is -0.670. The number of carbonyl (C=O) groups excluding carboxylic acids is 1. The molecule has 0 bridgehead atoms. The minimum Gasteiger partial charge on any atom is -0.367 e. The third-order valence-electron chi connectivity index (χ3n) is 4.20. The van der Waals surface area contributed by atoms with E-state index >= 15 is 0 Å². The standard InChI is InChI=1S/C17H22BrFO2/c1-2-21-17(9-5-3-4-6-10-17)16(20)12-13-11-14(19)7-8-15(13)18/h7-8,11H,2-6,9-10,12H2,1H3. The Morgan fingerprint density at radius 3 is 2.57 bits per heavy atom. The van der Waals surface area contributed by atoms with Gasteiger partial charge >= 0.3 is 0 Å². The number of ketones is 1. The number of benzene rings is 1. The number of ether oxygens (including phenoxy) is 1. The van der Waals surface area contributed by atoms with Crippen LogP contribution in [0.1, 0.15) is 51.0 Å². The van der Waals surface area contributed by atoms with E-state index in [1.165, 1.54) is 12.1 Å². The van der Waals surface area contributed by atoms with Gasteiger partial charge in [-0.2, -0.15) is 0 Å². The lowest BCUT2D eigenvalue weighted by Gasteiger charge is -2.31. The van der Waals surface area contributed by atoms with Gasteiger partial charge in [-0.15, -0.1) is 0 Å². The molecule has 0 saturated heterocycles. The van der Waals surface area contributed by atoms with Crippen LogP contribution < -0.4 is 0 Å². The van der Waals surface area contributed by atoms with E-state index in [-0.39, 0.29) is 18.0 Å². The molecule has 0 atom stereocenters. The average molecular weight is 357 g/mol. The van der Waals surface area contributed by atoms with Gasteiger partial charge in [0, 0.05) is 17.5 Å². The normalized spacial score (nSPS) is 18.2. The zero-order valence-corrected chi connectivity index (χ0v) is 14.0. The summed E-state index contributed by atoms with van der Waals surface area (Å²) in [6.07, 6.45) is 6.15. The molecule has 1 fully saturated rings. The Kier molecular flexibility index (Phi) is 5.94. The first kappa shape index (κ1) is 16.6. The summed E-state index contributed by atoms with van der Waals surface area (Å²) in [4.78, 5) is 12.8. The van der Waals surface area contributed by atoms with Crippen molar-refractivity contribution in [2.24, 2.45) is 0 Å². The number of rotatable bonds is 5. The van der Waals surface area contributed by atoms with E-state index in [4.69, 9.17) is 4.74 Å². The second kappa shape index (κ2) is 7.50. The monoisotopic (exact) mass is 356 g/mol. The van der Waals surface area contributed by atoms with Gasteiger partial charge in [0.1, 0.15) is 11.4 Å². The van der Waals surface area contributed by atoms with Gasteiger partial charge in [0.15, 0.2) is 5.78 Å². The van der Waals surface area contributed by atoms with Gasteiger partial charge in [0.2, 0.25) is 0 Å². The Morgan fingerprint density at radius 2 is 1.95 bits per heavy atom. The van der Waals surface area contributed by atoms with Gasteiger partial charge < -0.3 is 4.74 Å². The Labute approximate surface area is 134 Å². The van der Waals surface area contributed by atoms with Crippen molar-refractivity contribution >= 4 is 21.7 Å². The van der Waals surface area contributed by atoms with E-state index in [0.29, 0.717) is 12.2 Å². The lowest BCUT2D eigenvalue weighted by Crippen LogP contribution is -2.42. The highest BCUT2D eigenvalue weighted by Gasteiger charge is 2.38. The fourth-order valence-corrected chi connectivity index (χ4v) is 3.48. The summed E-state index contributed by atoms with van der Waals surface area (Å²) in [7, 11) is 0. The molecular formula is C17H22BrFO2. The van der Waals surface area contributed by atoms with Crippen LogP contribution in [0.2, 0.25) is 0 Å². The van der Waals surface area contributed by atoms with Crippen LogP contribution in [0, 0.1) is 5.82 Å². The Hall–Kier alpha value is -0.740. The van der Waals surface area contributed by atoms with Crippen LogP contribution in [0.4, 0.5) is 4.39 Å². The summed E-state index contributed by atoms with van der Waals surface area (Å²) in [5.41, 5.74) is 0.0279. The number of hydrogen-bond acceptors (Lipinski definition) is 2. The van der Waals surface area contributed by atoms with Crippen LogP contribution in [0.5, 0.6) is 0 Å². The Morgan fingerprint density at radius 1 is 1.29 bits per heavy atom. The van der Waals surface area contributed by atoms with E-state index in [2.05, 4.69) is 15.9 Å². The van der Waals surface area contributed by atoms with Gasteiger partial charge in [-0.25, -0.2) is 4.39 Å². The molecule has 1 saturated carbocycles. The maximum atomic E-state index is 13.4. The molecule has 0 radical (unpaired) electrons. The third-order valence-corrected chi connectivity index (χ3v) is 4.97. The van der Waals surface area contributed by atoms with E-state index in [1.807, 2.05) is 6.92 Å². The molecule has 0 aromatic heterocycles. The Bertz CT molecular complexity index is 494. The lowest BCUT2D eigenvalue weighted by atomic mass is 9.86. The van der Waals surface area contributed by atoms with E-state index in [1.54, 1.807) is 6.07 Å². The molecule has 4 heteroatoms. The van der Waals surface area contributed by atoms with Crippen LogP contribution >= 0.6 is 15.9 Å². The van der Waals surface area contributed by atoms with E-state index in [9.17, 15) is 9.18 Å². The van der Waals surface area contributed by atoms with Gasteiger partial charge in [0.25, 0.3) is 0 Å². The van der Waals surface area contributed by atoms with Gasteiger partial charge in [-0.1, -0.05) is 41.6 Å². The SMILES string of the molecule is CCOC1(C(=O)Cc2cc(F)ccc2Br)CCCCCC1. The van der Waals surface area contributed by atoms with Crippen molar-refractivity contribution in [2.75, 3.05) is 6.61 Å². The van der Waals surface area contributed by atoms with E-state index in [0.717, 1.165) is 43.0 Å². The molecule has 2 rings (SSSR count). The minimum absolute atomic E-state index is 0.0811. The fraction of sp³-hybridized carbons (Fsp3) is 0.588. The highest BCUT2D eigenvalue weighted by molar-refractivity contribution is 9.10. The lowest BCUT2D eigenvalue weighted by molar-refractivity contribution is -0.145. The fourth-order valence-electron chi connectivity index (χ4n) is 3.09. The molecule has 0 heterocycles. The van der Waals surface area contributed by atoms with Crippen molar-refractivity contribution in [3.8, 4) is 0 Å². The van der Waals surface area contributed by atoms with Gasteiger partial charge in [-0.05, 0) is 43.5 Å². The quantitative estimate of drug-likeness (QED) is 0.706. The van der Waals surface area contributed by atoms with Crippen LogP contribution in [0.25, 0.3) is 0 Å². The second-order valence-corrected chi connectivity index (χ2v) is 6.53. The first-order chi connectivity index (χ1) is 10.1. The largest absolute Gasteiger partial charge is 0.367 e. The molecule has 0 spiro atoms. The summed E-state index contributed by atoms with van der Waals surface area (Å²) in [6.45, 7) is 2.47. The number of carbonyl (C=O) groups is 1. The number of halogens is 2. The maximum Gasteiger partial charge on any atom is 0.169 e. The number of Topliss-reactive ketones (excluding diaryl/α,β-unsaturated/α-hetero) is 1. The predicted molar refractivity (Wildman–Crippen MR) is 84.9 cm³/mol. The summed E-state index contributed by atoms with van der Waals surface area (Å²) in [5.74, 6) is -0.232. The van der Waals surface area contributed by atoms with Crippen LogP contribution in [-0.4, -0.2) is 18.0 Å². The molecule has 1 aromatic rings. The zero-order valence-electron chi connectivity index (χ0n) is 12.5. The van der Waals surface area contributed by atoms with Crippen molar-refractivity contribution in [1.29, 1.82) is 0 Å². The molecule has 0 aliphatic heterocycles. The molecule has 0 N–H and O–H groups in total. The highest BCUT2D eigenvalue weighted by Crippen LogP contribution is 2.33. The first-order valence-electron chi connectivity index (χ1n) is 7.68. The molecular weight excluding hydrogens is 335 g/mol. The van der Waals surface area contributed by atoms with Crippen LogP contribution in [0.15, 0.2) is 22.7 Å². The van der Waals surface area contributed by atoms with Crippen molar-refractivity contribution in [3.63, 3.8) is 0 Å². The Balaban J connectivity index is 2.20. The predicted octanol–water partition coefficient (Wildman–Crippen LogP) is 4.83. The molecule has 21 heavy (non-hydrogen) atoms. The van der Waals surface area contributed by atoms with Gasteiger partial charge in [0.05, 0.1) is 0 Å². The maximum absolute atomic E-state index is 13.4. The first-order valence-corrected chi connectivity index (χ1v) is 8.48. The molecule has 0 unspecified atom stereocenters. The molecule has 116 valence electrons. The van der Waals surface area contributed by atoms with Crippen LogP contribution in [0.3, 0.4) is 0 Å². The third kappa shape index (κ3) is 4.13. The number of hydrogen-bond donors (Lipinski definition) is 0. The molecule has 1 aromatic carbocycles. The molecule has 2 nitrogen and oxygen atoms in total. The smallest absolute Gasteiger partial charge is 0.169 e. The molecule has 1 aliphatic carbocycles. The van der Waals surface area contributed by atoms with Gasteiger partial charge in [-0.3, -0.25) is 4.79 Å². The average Bonchev–Trinajstić information content (AvgIpc) is 2.70. The van der Waals surface area contributed by atoms with Crippen molar-refractivity contribution in [3.05, 3.63) is 34.1 Å². The second-order valence-electron chi connectivity index (χ2n) is 5.68. The summed E-state index contributed by atoms with van der Waals surface area (Å²) < 4.78 is 20.1. The van der Waals surface area contributed by atoms with Crippen LogP contribution in [-0.2, 0) is 16.0 Å². The molecule has 0 amide bonds. The van der Waals surface area contributed by atoms with Crippen molar-refractivity contribution in [2.45, 2.75) is 57.5 Å². The molecule has 1 aliphatic rings. The summed E-state index contributed by atoms with van der Waals surface area (Å²) >= 11 is 3.40. The highest BCUT2D eigenvalue weighted by atomic mass is 79.9. The summed E-state index contributed by atoms with van der Waals surface area (Å²) in [6, 6.07) is 4.47. The zero-order chi connectivity index (χ0) is 15.3. The van der Waals surface area contributed by atoms with Crippen molar-refractivity contribution < 1.29 is 13.9 Å². The summed E-state index contributed by atoms with van der Waals surface area (Å²) in [5, 5.41) is 0. The van der Waals surface area contributed by atoms with Crippen molar-refractivity contribution in [1.82, 2.24) is 0 Å². The topological polar surface area (TPSA) is 26.3 Å².